The van der Waals surface area contributed by atoms with Gasteiger partial charge in [-0.2, -0.15) is 5.10 Å². The van der Waals surface area contributed by atoms with E-state index in [1.54, 1.807) is 18.2 Å². The molecule has 1 aliphatic heterocycles. The Morgan fingerprint density at radius 1 is 1.58 bits per heavy atom. The predicted octanol–water partition coefficient (Wildman–Crippen LogP) is -0.374. The molecule has 1 fully saturated rings. The lowest BCUT2D eigenvalue weighted by Gasteiger charge is -2.05. The average Bonchev–Trinajstić information content (AvgIpc) is 2.75. The van der Waals surface area contributed by atoms with Crippen LogP contribution < -0.4 is 16.3 Å². The number of aromatic hydroxyl groups is 1. The van der Waals surface area contributed by atoms with Gasteiger partial charge in [-0.3, -0.25) is 15.0 Å². The fourth-order valence-corrected chi connectivity index (χ4v) is 1.68. The summed E-state index contributed by atoms with van der Waals surface area (Å²) in [7, 11) is 0. The van der Waals surface area contributed by atoms with Crippen LogP contribution in [-0.4, -0.2) is 29.2 Å². The van der Waals surface area contributed by atoms with Crippen molar-refractivity contribution in [1.82, 2.24) is 16.3 Å². The number of nitrogens with one attached hydrogen (secondary N) is 3. The second-order valence-electron chi connectivity index (χ2n) is 4.19. The van der Waals surface area contributed by atoms with Gasteiger partial charge in [0.05, 0.1) is 6.21 Å². The largest absolute Gasteiger partial charge is 0.508 e. The van der Waals surface area contributed by atoms with Crippen molar-refractivity contribution in [2.24, 2.45) is 5.10 Å². The number of benzene rings is 1. The Morgan fingerprint density at radius 3 is 3.11 bits per heavy atom. The van der Waals surface area contributed by atoms with Gasteiger partial charge in [0.15, 0.2) is 0 Å². The number of amides is 2. The highest BCUT2D eigenvalue weighted by molar-refractivity contribution is 5.84. The van der Waals surface area contributed by atoms with E-state index in [0.29, 0.717) is 5.56 Å². The number of nitrogens with zero attached hydrogens (tertiary/aromatic N) is 1. The minimum atomic E-state index is -0.287. The van der Waals surface area contributed by atoms with Gasteiger partial charge in [-0.1, -0.05) is 12.1 Å². The van der Waals surface area contributed by atoms with Crippen LogP contribution in [0.2, 0.25) is 0 Å². The highest BCUT2D eigenvalue weighted by Crippen LogP contribution is 2.08. The van der Waals surface area contributed by atoms with Crippen molar-refractivity contribution in [3.63, 3.8) is 0 Å². The molecule has 100 valence electrons. The fourth-order valence-electron chi connectivity index (χ4n) is 1.68. The third kappa shape index (κ3) is 4.07. The molecule has 4 N–H and O–H groups in total. The zero-order valence-electron chi connectivity index (χ0n) is 10.1. The highest BCUT2D eigenvalue weighted by atomic mass is 16.3. The molecule has 0 aromatic heterocycles. The van der Waals surface area contributed by atoms with Gasteiger partial charge < -0.3 is 5.11 Å². The highest BCUT2D eigenvalue weighted by Gasteiger charge is 2.22. The number of rotatable bonds is 4. The monoisotopic (exact) mass is 262 g/mol. The number of hydrogen-bond donors (Lipinski definition) is 4. The molecular weight excluding hydrogens is 248 g/mol. The van der Waals surface area contributed by atoms with Crippen LogP contribution in [0.1, 0.15) is 18.4 Å². The van der Waals surface area contributed by atoms with Gasteiger partial charge in [0.1, 0.15) is 5.75 Å². The standard InChI is InChI=1S/C12H14N4O3/c17-10-3-1-2-8(4-10)7-13-15-11(18)5-9-6-12(19)16-14-9/h1-4,7,9,14,17H,5-6H2,(H,15,18)(H,16,19)/b13-7+. The van der Waals surface area contributed by atoms with Gasteiger partial charge in [0.25, 0.3) is 0 Å². The molecule has 1 aromatic rings. The topological polar surface area (TPSA) is 103 Å². The lowest BCUT2D eigenvalue weighted by atomic mass is 10.1. The van der Waals surface area contributed by atoms with Gasteiger partial charge in [0, 0.05) is 18.9 Å². The maximum atomic E-state index is 11.5. The normalized spacial score (nSPS) is 18.5. The smallest absolute Gasteiger partial charge is 0.241 e. The predicted molar refractivity (Wildman–Crippen MR) is 68.1 cm³/mol. The summed E-state index contributed by atoms with van der Waals surface area (Å²) < 4.78 is 0. The van der Waals surface area contributed by atoms with E-state index in [1.165, 1.54) is 12.3 Å². The van der Waals surface area contributed by atoms with Crippen LogP contribution in [-0.2, 0) is 9.59 Å². The number of phenols is 1. The van der Waals surface area contributed by atoms with E-state index in [0.717, 1.165) is 0 Å². The van der Waals surface area contributed by atoms with Crippen LogP contribution in [0.15, 0.2) is 29.4 Å². The van der Waals surface area contributed by atoms with Crippen LogP contribution >= 0.6 is 0 Å². The second-order valence-corrected chi connectivity index (χ2v) is 4.19. The number of carbonyl (C=O) groups is 2. The number of carbonyl (C=O) groups excluding carboxylic acids is 2. The SMILES string of the molecule is O=C(CC1CC(=O)NN1)N/N=C/c1cccc(O)c1. The van der Waals surface area contributed by atoms with Gasteiger partial charge in [-0.05, 0) is 17.7 Å². The van der Waals surface area contributed by atoms with E-state index >= 15 is 0 Å². The van der Waals surface area contributed by atoms with E-state index < -0.39 is 0 Å². The van der Waals surface area contributed by atoms with E-state index in [1.807, 2.05) is 0 Å². The van der Waals surface area contributed by atoms with Crippen LogP contribution in [0.3, 0.4) is 0 Å². The number of phenolic OH excluding ortho intramolecular Hbond substituents is 1. The Labute approximate surface area is 109 Å². The van der Waals surface area contributed by atoms with E-state index in [2.05, 4.69) is 21.4 Å². The third-order valence-corrected chi connectivity index (χ3v) is 2.55. The first-order valence-electron chi connectivity index (χ1n) is 5.79. The summed E-state index contributed by atoms with van der Waals surface area (Å²) in [6, 6.07) is 6.29. The molecule has 2 rings (SSSR count). The van der Waals surface area contributed by atoms with Crippen LogP contribution in [0.5, 0.6) is 5.75 Å². The quantitative estimate of drug-likeness (QED) is 0.439. The van der Waals surface area contributed by atoms with Gasteiger partial charge in [-0.25, -0.2) is 10.9 Å². The van der Waals surface area contributed by atoms with Crippen LogP contribution in [0.25, 0.3) is 0 Å². The summed E-state index contributed by atoms with van der Waals surface area (Å²) in [5.41, 5.74) is 8.17. The Morgan fingerprint density at radius 2 is 2.42 bits per heavy atom. The van der Waals surface area contributed by atoms with Crippen molar-refractivity contribution >= 4 is 18.0 Å². The van der Waals surface area contributed by atoms with Crippen molar-refractivity contribution in [3.05, 3.63) is 29.8 Å². The van der Waals surface area contributed by atoms with Gasteiger partial charge in [-0.15, -0.1) is 0 Å². The number of hydrazone groups is 1. The molecule has 0 spiro atoms. The summed E-state index contributed by atoms with van der Waals surface area (Å²) in [5, 5.41) is 13.0. The van der Waals surface area contributed by atoms with Crippen LogP contribution in [0.4, 0.5) is 0 Å². The molecule has 1 aliphatic rings. The van der Waals surface area contributed by atoms with Crippen LogP contribution in [0, 0.1) is 0 Å². The molecule has 0 bridgehead atoms. The lowest BCUT2D eigenvalue weighted by Crippen LogP contribution is -2.34. The molecule has 1 unspecified atom stereocenters. The summed E-state index contributed by atoms with van der Waals surface area (Å²) in [5.74, 6) is -0.276. The molecule has 0 saturated carbocycles. The summed E-state index contributed by atoms with van der Waals surface area (Å²) in [6.45, 7) is 0. The molecule has 1 heterocycles. The van der Waals surface area contributed by atoms with E-state index in [9.17, 15) is 14.7 Å². The van der Waals surface area contributed by atoms with Crippen molar-refractivity contribution < 1.29 is 14.7 Å². The zero-order valence-corrected chi connectivity index (χ0v) is 10.1. The van der Waals surface area contributed by atoms with Gasteiger partial charge >= 0.3 is 0 Å². The van der Waals surface area contributed by atoms with Crippen molar-refractivity contribution in [1.29, 1.82) is 0 Å². The van der Waals surface area contributed by atoms with Gasteiger partial charge in [0.2, 0.25) is 11.8 Å². The average molecular weight is 262 g/mol. The Hall–Kier alpha value is -2.41. The van der Waals surface area contributed by atoms with Crippen molar-refractivity contribution in [2.45, 2.75) is 18.9 Å². The molecule has 7 nitrogen and oxygen atoms in total. The van der Waals surface area contributed by atoms with Crippen molar-refractivity contribution in [2.75, 3.05) is 0 Å². The molecule has 0 radical (unpaired) electrons. The molecule has 0 aliphatic carbocycles. The molecule has 1 atom stereocenters. The maximum Gasteiger partial charge on any atom is 0.241 e. The third-order valence-electron chi connectivity index (χ3n) is 2.55. The summed E-state index contributed by atoms with van der Waals surface area (Å²) in [4.78, 5) is 22.4. The molecule has 1 saturated heterocycles. The minimum absolute atomic E-state index is 0.124. The number of hydrogen-bond acceptors (Lipinski definition) is 5. The first-order valence-corrected chi connectivity index (χ1v) is 5.79. The first-order chi connectivity index (χ1) is 9.13. The van der Waals surface area contributed by atoms with E-state index in [-0.39, 0.29) is 36.4 Å². The molecule has 7 heteroatoms. The summed E-state index contributed by atoms with van der Waals surface area (Å²) >= 11 is 0. The number of hydrazine groups is 1. The Balaban J connectivity index is 1.78. The molecule has 2 amide bonds. The summed E-state index contributed by atoms with van der Waals surface area (Å²) in [6.07, 6.45) is 1.88. The Bertz CT molecular complexity index is 515. The zero-order chi connectivity index (χ0) is 13.7. The maximum absolute atomic E-state index is 11.5. The van der Waals surface area contributed by atoms with E-state index in [4.69, 9.17) is 0 Å². The fraction of sp³-hybridized carbons (Fsp3) is 0.250. The van der Waals surface area contributed by atoms with Crippen molar-refractivity contribution in [3.8, 4) is 5.75 Å². The molecular formula is C12H14N4O3. The first kappa shape index (κ1) is 13.0. The molecule has 19 heavy (non-hydrogen) atoms. The Kier molecular flexibility index (Phi) is 4.09. The second kappa shape index (κ2) is 5.96. The molecule has 1 aromatic carbocycles. The minimum Gasteiger partial charge on any atom is -0.508 e. The lowest BCUT2D eigenvalue weighted by molar-refractivity contribution is -0.121.